The Hall–Kier alpha value is -1.01. The molecule has 0 saturated heterocycles. The molecule has 2 heterocycles. The minimum atomic E-state index is 0. The Morgan fingerprint density at radius 3 is 0.846 bits per heavy atom. The van der Waals surface area contributed by atoms with Crippen LogP contribution < -0.4 is 0 Å². The smallest absolute Gasteiger partial charge is 0.0267 e. The first kappa shape index (κ1) is 12.0. The average Bonchev–Trinajstić information content (AvgIpc) is 2.24. The fraction of sp³-hybridized carbons (Fsp3) is 0. The van der Waals surface area contributed by atoms with Crippen molar-refractivity contribution in [3.8, 4) is 0 Å². The van der Waals surface area contributed by atoms with E-state index in [1.807, 2.05) is 36.4 Å². The number of nitrogens with zero attached hydrogens (tertiary/aromatic N) is 2. The van der Waals surface area contributed by atoms with Crippen molar-refractivity contribution >= 4 is 0 Å². The standard InChI is InChI=1S/2C5H5N.W/c2*1-2-4-6-5-3-1;/h2*1-5H;. The molecule has 0 aromatic carbocycles. The first-order valence-electron chi connectivity index (χ1n) is 3.70. The number of hydrogen-bond donors (Lipinski definition) is 0. The Balaban J connectivity index is 0.000000206. The summed E-state index contributed by atoms with van der Waals surface area (Å²) < 4.78 is 0. The molecule has 3 heteroatoms. The summed E-state index contributed by atoms with van der Waals surface area (Å²) >= 11 is 0. The Bertz CT molecular complexity index is 188. The molecule has 0 unspecified atom stereocenters. The second-order valence-corrected chi connectivity index (χ2v) is 2.05. The third-order valence-electron chi connectivity index (χ3n) is 1.13. The molecule has 2 rings (SSSR count). The Kier molecular flexibility index (Phi) is 8.37. The number of rotatable bonds is 0. The molecule has 2 aromatic heterocycles. The van der Waals surface area contributed by atoms with Gasteiger partial charge in [-0.3, -0.25) is 9.97 Å². The normalized spacial score (nSPS) is 7.38. The Morgan fingerprint density at radius 1 is 0.462 bits per heavy atom. The van der Waals surface area contributed by atoms with Gasteiger partial charge in [-0.25, -0.2) is 0 Å². The summed E-state index contributed by atoms with van der Waals surface area (Å²) in [5, 5.41) is 0. The summed E-state index contributed by atoms with van der Waals surface area (Å²) in [6.45, 7) is 0. The maximum Gasteiger partial charge on any atom is 0.0267 e. The van der Waals surface area contributed by atoms with Crippen molar-refractivity contribution in [1.82, 2.24) is 9.97 Å². The van der Waals surface area contributed by atoms with Crippen LogP contribution in [-0.4, -0.2) is 9.97 Å². The molecule has 2 nitrogen and oxygen atoms in total. The Labute approximate surface area is 92.3 Å². The largest absolute Gasteiger partial charge is 0.265 e. The van der Waals surface area contributed by atoms with E-state index in [9.17, 15) is 0 Å². The van der Waals surface area contributed by atoms with Gasteiger partial charge in [0.2, 0.25) is 0 Å². The molecule has 0 amide bonds. The zero-order valence-corrected chi connectivity index (χ0v) is 10.0. The van der Waals surface area contributed by atoms with Gasteiger partial charge in [0.25, 0.3) is 0 Å². The number of aromatic nitrogens is 2. The van der Waals surface area contributed by atoms with Crippen LogP contribution in [-0.2, 0) is 21.1 Å². The van der Waals surface area contributed by atoms with Crippen molar-refractivity contribution in [2.75, 3.05) is 0 Å². The predicted molar refractivity (Wildman–Crippen MR) is 48.5 cm³/mol. The molecule has 0 N–H and O–H groups in total. The topological polar surface area (TPSA) is 25.8 Å². The average molecular weight is 342 g/mol. The molecule has 0 spiro atoms. The molecule has 0 radical (unpaired) electrons. The second kappa shape index (κ2) is 9.08. The maximum absolute atomic E-state index is 3.78. The monoisotopic (exact) mass is 342 g/mol. The van der Waals surface area contributed by atoms with Gasteiger partial charge in [0.15, 0.2) is 0 Å². The third kappa shape index (κ3) is 7.35. The van der Waals surface area contributed by atoms with Gasteiger partial charge in [0.05, 0.1) is 0 Å². The van der Waals surface area contributed by atoms with Crippen molar-refractivity contribution in [1.29, 1.82) is 0 Å². The van der Waals surface area contributed by atoms with E-state index in [-0.39, 0.29) is 21.1 Å². The van der Waals surface area contributed by atoms with Crippen molar-refractivity contribution in [2.24, 2.45) is 0 Å². The van der Waals surface area contributed by atoms with Crippen LogP contribution in [0.4, 0.5) is 0 Å². The van der Waals surface area contributed by atoms with E-state index in [2.05, 4.69) is 9.97 Å². The zero-order chi connectivity index (χ0) is 8.49. The summed E-state index contributed by atoms with van der Waals surface area (Å²) in [6.07, 6.45) is 7.00. The van der Waals surface area contributed by atoms with Gasteiger partial charge < -0.3 is 0 Å². The predicted octanol–water partition coefficient (Wildman–Crippen LogP) is 2.16. The fourth-order valence-electron chi connectivity index (χ4n) is 0.625. The zero-order valence-electron chi connectivity index (χ0n) is 7.08. The molecule has 0 atom stereocenters. The molecular weight excluding hydrogens is 332 g/mol. The van der Waals surface area contributed by atoms with Crippen molar-refractivity contribution in [3.05, 3.63) is 61.2 Å². The van der Waals surface area contributed by atoms with Crippen LogP contribution in [0.25, 0.3) is 0 Å². The van der Waals surface area contributed by atoms with Gasteiger partial charge in [-0.15, -0.1) is 0 Å². The fourth-order valence-corrected chi connectivity index (χ4v) is 0.625. The molecule has 13 heavy (non-hydrogen) atoms. The van der Waals surface area contributed by atoms with Gasteiger partial charge in [0.1, 0.15) is 0 Å². The molecule has 0 saturated carbocycles. The van der Waals surface area contributed by atoms with Crippen molar-refractivity contribution < 1.29 is 21.1 Å². The van der Waals surface area contributed by atoms with Gasteiger partial charge in [-0.1, -0.05) is 12.1 Å². The quantitative estimate of drug-likeness (QED) is 0.733. The summed E-state index contributed by atoms with van der Waals surface area (Å²) in [4.78, 5) is 7.57. The van der Waals surface area contributed by atoms with E-state index in [1.165, 1.54) is 0 Å². The minimum Gasteiger partial charge on any atom is -0.265 e. The van der Waals surface area contributed by atoms with Crippen LogP contribution in [0.1, 0.15) is 0 Å². The van der Waals surface area contributed by atoms with Gasteiger partial charge in [-0.2, -0.15) is 0 Å². The SMILES string of the molecule is [W].c1ccncc1.c1ccncc1. The van der Waals surface area contributed by atoms with Gasteiger partial charge >= 0.3 is 0 Å². The molecule has 0 aliphatic heterocycles. The van der Waals surface area contributed by atoms with Gasteiger partial charge in [0, 0.05) is 45.9 Å². The van der Waals surface area contributed by atoms with Crippen LogP contribution in [0.5, 0.6) is 0 Å². The van der Waals surface area contributed by atoms with Crippen LogP contribution in [0.15, 0.2) is 61.2 Å². The first-order valence-corrected chi connectivity index (χ1v) is 3.70. The number of hydrogen-bond acceptors (Lipinski definition) is 2. The Morgan fingerprint density at radius 2 is 0.769 bits per heavy atom. The first-order chi connectivity index (χ1) is 6.00. The van der Waals surface area contributed by atoms with E-state index >= 15 is 0 Å². The molecule has 0 aliphatic carbocycles. The molecule has 0 aliphatic rings. The molecule has 66 valence electrons. The van der Waals surface area contributed by atoms with Crippen molar-refractivity contribution in [2.45, 2.75) is 0 Å². The van der Waals surface area contributed by atoms with Crippen LogP contribution in [0.3, 0.4) is 0 Å². The maximum atomic E-state index is 3.78. The van der Waals surface area contributed by atoms with E-state index in [0.29, 0.717) is 0 Å². The van der Waals surface area contributed by atoms with Crippen LogP contribution in [0, 0.1) is 0 Å². The molecular formula is C10H10N2W. The van der Waals surface area contributed by atoms with E-state index in [1.54, 1.807) is 24.8 Å². The van der Waals surface area contributed by atoms with Crippen LogP contribution >= 0.6 is 0 Å². The minimum absolute atomic E-state index is 0. The summed E-state index contributed by atoms with van der Waals surface area (Å²) in [7, 11) is 0. The van der Waals surface area contributed by atoms with Crippen LogP contribution in [0.2, 0.25) is 0 Å². The van der Waals surface area contributed by atoms with E-state index in [4.69, 9.17) is 0 Å². The summed E-state index contributed by atoms with van der Waals surface area (Å²) in [5.41, 5.74) is 0. The second-order valence-electron chi connectivity index (χ2n) is 2.05. The van der Waals surface area contributed by atoms with Crippen molar-refractivity contribution in [3.63, 3.8) is 0 Å². The van der Waals surface area contributed by atoms with Gasteiger partial charge in [-0.05, 0) is 24.3 Å². The summed E-state index contributed by atoms with van der Waals surface area (Å²) in [5.74, 6) is 0. The van der Waals surface area contributed by atoms with E-state index in [0.717, 1.165) is 0 Å². The molecule has 2 aromatic rings. The molecule has 0 fully saturated rings. The summed E-state index contributed by atoms with van der Waals surface area (Å²) in [6, 6.07) is 11.4. The number of pyridine rings is 2. The van der Waals surface area contributed by atoms with E-state index < -0.39 is 0 Å². The third-order valence-corrected chi connectivity index (χ3v) is 1.13. The molecule has 0 bridgehead atoms.